The van der Waals surface area contributed by atoms with Crippen LogP contribution in [0.3, 0.4) is 0 Å². The van der Waals surface area contributed by atoms with Gasteiger partial charge in [0, 0.05) is 17.7 Å². The van der Waals surface area contributed by atoms with Gasteiger partial charge in [-0.3, -0.25) is 14.4 Å². The lowest BCUT2D eigenvalue weighted by Gasteiger charge is -2.39. The molecule has 244 valence electrons. The van der Waals surface area contributed by atoms with Gasteiger partial charge in [0.05, 0.1) is 32.7 Å². The molecule has 16 nitrogen and oxygen atoms in total. The van der Waals surface area contributed by atoms with Gasteiger partial charge in [0.15, 0.2) is 17.3 Å². The first-order valence-corrected chi connectivity index (χ1v) is 13.4. The lowest BCUT2D eigenvalue weighted by Crippen LogP contribution is -2.60. The summed E-state index contributed by atoms with van der Waals surface area (Å²) in [5.41, 5.74) is -2.89. The maximum Gasteiger partial charge on any atom is 0.308 e. The molecule has 0 amide bonds. The smallest absolute Gasteiger partial charge is 0.308 e. The molecular weight excluding hydrogens is 604 g/mol. The minimum Gasteiger partial charge on any atom is -0.507 e. The summed E-state index contributed by atoms with van der Waals surface area (Å²) in [5, 5.41) is 71.0. The van der Waals surface area contributed by atoms with E-state index in [9.17, 15) is 45.0 Å². The third-order valence-electron chi connectivity index (χ3n) is 6.95. The molecule has 6 unspecified atom stereocenters. The summed E-state index contributed by atoms with van der Waals surface area (Å²) in [6.45, 7) is 0.379. The van der Waals surface area contributed by atoms with Gasteiger partial charge in [-0.2, -0.15) is 0 Å². The van der Waals surface area contributed by atoms with Crippen LogP contribution in [0.15, 0.2) is 39.5 Å². The highest BCUT2D eigenvalue weighted by molar-refractivity contribution is 5.88. The van der Waals surface area contributed by atoms with E-state index in [4.69, 9.17) is 33.2 Å². The Hall–Kier alpha value is -4.61. The van der Waals surface area contributed by atoms with Gasteiger partial charge in [0.25, 0.3) is 0 Å². The molecular formula is C29H32O16. The number of esters is 1. The van der Waals surface area contributed by atoms with Gasteiger partial charge in [0.1, 0.15) is 53.5 Å². The van der Waals surface area contributed by atoms with E-state index in [0.717, 1.165) is 13.0 Å². The number of aliphatic hydroxyl groups excluding tert-OH is 3. The highest BCUT2D eigenvalue weighted by atomic mass is 16.7. The second kappa shape index (κ2) is 13.2. The topological polar surface area (TPSA) is 252 Å². The third-order valence-corrected chi connectivity index (χ3v) is 6.95. The largest absolute Gasteiger partial charge is 0.507 e. The fourth-order valence-corrected chi connectivity index (χ4v) is 4.68. The van der Waals surface area contributed by atoms with Crippen molar-refractivity contribution >= 4 is 22.9 Å². The second-order valence-corrected chi connectivity index (χ2v) is 10.6. The van der Waals surface area contributed by atoms with Gasteiger partial charge >= 0.3 is 11.9 Å². The zero-order valence-electron chi connectivity index (χ0n) is 24.2. The van der Waals surface area contributed by atoms with Crippen LogP contribution in [0.1, 0.15) is 19.8 Å². The molecule has 45 heavy (non-hydrogen) atoms. The van der Waals surface area contributed by atoms with Crippen LogP contribution in [0, 0.1) is 0 Å². The second-order valence-electron chi connectivity index (χ2n) is 10.6. The molecule has 3 aromatic rings. The average Bonchev–Trinajstić information content (AvgIpc) is 2.96. The molecule has 6 atom stereocenters. The van der Waals surface area contributed by atoms with Crippen LogP contribution in [-0.2, 0) is 19.1 Å². The zero-order valence-corrected chi connectivity index (χ0v) is 24.2. The van der Waals surface area contributed by atoms with E-state index in [1.54, 1.807) is 0 Å². The van der Waals surface area contributed by atoms with E-state index in [1.165, 1.54) is 38.5 Å². The Balaban J connectivity index is 1.70. The molecule has 4 rings (SSSR count). The molecule has 0 radical (unpaired) electrons. The quantitative estimate of drug-likeness (QED) is 0.139. The predicted octanol–water partition coefficient (Wildman–Crippen LogP) is 0.234. The molecule has 2 heterocycles. The van der Waals surface area contributed by atoms with Crippen LogP contribution >= 0.6 is 0 Å². The number of aliphatic hydroxyl groups is 4. The molecule has 0 bridgehead atoms. The summed E-state index contributed by atoms with van der Waals surface area (Å²) in [5.74, 6) is -3.95. The van der Waals surface area contributed by atoms with Crippen molar-refractivity contribution in [3.63, 3.8) is 0 Å². The highest BCUT2D eigenvalue weighted by Crippen LogP contribution is 2.39. The number of aromatic hydroxyl groups is 2. The predicted molar refractivity (Wildman–Crippen MR) is 150 cm³/mol. The Morgan fingerprint density at radius 2 is 1.67 bits per heavy atom. The molecule has 1 aliphatic rings. The maximum absolute atomic E-state index is 13.7. The number of phenolic OH excluding ortho intramolecular Hbond substituents is 2. The molecule has 0 saturated carbocycles. The minimum atomic E-state index is -1.97. The normalized spacial score (nSPS) is 22.8. The van der Waals surface area contributed by atoms with Crippen LogP contribution < -0.4 is 19.6 Å². The molecule has 16 heteroatoms. The Bertz CT molecular complexity index is 1630. The fraction of sp³-hybridized carbons (Fsp3) is 0.414. The Kier molecular flexibility index (Phi) is 9.74. The summed E-state index contributed by atoms with van der Waals surface area (Å²) in [6, 6.07) is 6.38. The SMILES string of the molecule is COc1cc(O)c2c(=O)c(OC3OC(COC(=O)CC(C)(O)CC(=O)O)C(O)C(O)C3O)c(-c3ccc(O)c(OC)c3)oc2c1. The molecule has 1 saturated heterocycles. The molecule has 2 aromatic carbocycles. The molecule has 7 N–H and O–H groups in total. The standard InChI is InChI=1S/C29H32O16/c1-29(39,9-19(32)33)10-20(34)42-11-18-22(35)24(37)25(38)28(44-18)45-27-23(36)21-15(31)7-13(40-2)8-17(21)43-26(27)12-4-5-14(30)16(6-12)41-3/h4-8,18,22,24-25,28,30-31,35,37-39H,9-11H2,1-3H3,(H,32,33). The highest BCUT2D eigenvalue weighted by Gasteiger charge is 2.46. The Morgan fingerprint density at radius 3 is 2.31 bits per heavy atom. The van der Waals surface area contributed by atoms with Gasteiger partial charge in [0.2, 0.25) is 17.5 Å². The fourth-order valence-electron chi connectivity index (χ4n) is 4.68. The lowest BCUT2D eigenvalue weighted by molar-refractivity contribution is -0.278. The Morgan fingerprint density at radius 1 is 0.956 bits per heavy atom. The van der Waals surface area contributed by atoms with Crippen molar-refractivity contribution in [1.29, 1.82) is 0 Å². The van der Waals surface area contributed by atoms with Gasteiger partial charge in [-0.25, -0.2) is 0 Å². The van der Waals surface area contributed by atoms with Gasteiger partial charge in [-0.05, 0) is 25.1 Å². The number of benzene rings is 2. The van der Waals surface area contributed by atoms with Crippen LogP contribution in [0.2, 0.25) is 0 Å². The third kappa shape index (κ3) is 7.21. The number of aliphatic carboxylic acids is 1. The number of carbonyl (C=O) groups is 2. The number of hydrogen-bond donors (Lipinski definition) is 7. The molecule has 1 aliphatic heterocycles. The number of ether oxygens (including phenoxy) is 5. The van der Waals surface area contributed by atoms with Gasteiger partial charge in [-0.15, -0.1) is 0 Å². The molecule has 1 fully saturated rings. The lowest BCUT2D eigenvalue weighted by atomic mass is 9.98. The number of fused-ring (bicyclic) bond motifs is 1. The number of carboxylic acid groups (broad SMARTS) is 1. The first kappa shape index (κ1) is 33.3. The summed E-state index contributed by atoms with van der Waals surface area (Å²) in [7, 11) is 2.62. The van der Waals surface area contributed by atoms with Crippen molar-refractivity contribution < 1.29 is 73.4 Å². The maximum atomic E-state index is 13.7. The van der Waals surface area contributed by atoms with E-state index < -0.39 is 84.6 Å². The van der Waals surface area contributed by atoms with Crippen LogP contribution in [-0.4, -0.2) is 105 Å². The van der Waals surface area contributed by atoms with E-state index in [2.05, 4.69) is 0 Å². The summed E-state index contributed by atoms with van der Waals surface area (Å²) in [4.78, 5) is 36.9. The molecule has 0 spiro atoms. The van der Waals surface area contributed by atoms with Crippen molar-refractivity contribution in [2.45, 2.75) is 56.1 Å². The van der Waals surface area contributed by atoms with Gasteiger partial charge in [-0.1, -0.05) is 0 Å². The monoisotopic (exact) mass is 636 g/mol. The average molecular weight is 637 g/mol. The first-order valence-electron chi connectivity index (χ1n) is 13.4. The number of carboxylic acids is 1. The summed E-state index contributed by atoms with van der Waals surface area (Å²) < 4.78 is 32.6. The first-order chi connectivity index (χ1) is 21.1. The Labute approximate surface area is 254 Å². The molecule has 0 aliphatic carbocycles. The van der Waals surface area contributed by atoms with E-state index in [-0.39, 0.29) is 39.5 Å². The number of carbonyl (C=O) groups excluding carboxylic acids is 1. The van der Waals surface area contributed by atoms with Gasteiger partial charge < -0.3 is 63.8 Å². The van der Waals surface area contributed by atoms with Crippen molar-refractivity contribution in [2.75, 3.05) is 20.8 Å². The number of hydrogen-bond acceptors (Lipinski definition) is 15. The number of rotatable bonds is 11. The van der Waals surface area contributed by atoms with E-state index >= 15 is 0 Å². The van der Waals surface area contributed by atoms with Crippen molar-refractivity contribution in [2.24, 2.45) is 0 Å². The molecule has 1 aromatic heterocycles. The number of phenols is 2. The van der Waals surface area contributed by atoms with Crippen molar-refractivity contribution in [3.8, 4) is 40.1 Å². The minimum absolute atomic E-state index is 0.00797. The summed E-state index contributed by atoms with van der Waals surface area (Å²) in [6.07, 6.45) is -10.6. The number of methoxy groups -OCH3 is 2. The zero-order chi connectivity index (χ0) is 33.2. The summed E-state index contributed by atoms with van der Waals surface area (Å²) >= 11 is 0. The van der Waals surface area contributed by atoms with Crippen molar-refractivity contribution in [3.05, 3.63) is 40.6 Å². The van der Waals surface area contributed by atoms with E-state index in [0.29, 0.717) is 0 Å². The van der Waals surface area contributed by atoms with Crippen LogP contribution in [0.25, 0.3) is 22.3 Å². The van der Waals surface area contributed by atoms with Crippen molar-refractivity contribution in [1.82, 2.24) is 0 Å². The van der Waals surface area contributed by atoms with Crippen LogP contribution in [0.4, 0.5) is 0 Å². The van der Waals surface area contributed by atoms with E-state index in [1.807, 2.05) is 0 Å². The van der Waals surface area contributed by atoms with Crippen LogP contribution in [0.5, 0.6) is 28.7 Å².